The van der Waals surface area contributed by atoms with Crippen molar-refractivity contribution in [1.29, 1.82) is 0 Å². The van der Waals surface area contributed by atoms with Crippen molar-refractivity contribution in [3.05, 3.63) is 28.3 Å². The Hall–Kier alpha value is -1.43. The van der Waals surface area contributed by atoms with E-state index in [-0.39, 0.29) is 22.8 Å². The van der Waals surface area contributed by atoms with Gasteiger partial charge in [-0.05, 0) is 12.1 Å². The maximum atomic E-state index is 12.7. The maximum absolute atomic E-state index is 12.7. The van der Waals surface area contributed by atoms with Crippen molar-refractivity contribution in [3.63, 3.8) is 0 Å². The van der Waals surface area contributed by atoms with Crippen LogP contribution in [0, 0.1) is 0 Å². The molecule has 0 heterocycles. The predicted octanol–water partition coefficient (Wildman–Crippen LogP) is 4.12. The minimum absolute atomic E-state index is 0.0731. The number of halogens is 4. The first-order valence-electron chi connectivity index (χ1n) is 5.66. The smallest absolute Gasteiger partial charge is 0.416 e. The molecule has 1 rings (SSSR count). The summed E-state index contributed by atoms with van der Waals surface area (Å²) in [6.45, 7) is 3.16. The number of aliphatic carboxylic acids is 1. The lowest BCUT2D eigenvalue weighted by Gasteiger charge is -2.27. The Morgan fingerprint density at radius 2 is 1.90 bits per heavy atom. The minimum atomic E-state index is -4.55. The molecule has 0 bridgehead atoms. The van der Waals surface area contributed by atoms with Crippen LogP contribution in [-0.2, 0) is 16.4 Å². The standard InChI is InChI=1S/C13H14ClF3O3/c1-12(2,6-10(18)19)11-8(14)4-7(13(15,16)17)5-9(11)20-3/h4-5H,6H2,1-3H3,(H,18,19). The molecule has 0 spiro atoms. The molecule has 0 saturated carbocycles. The molecule has 0 unspecified atom stereocenters. The van der Waals surface area contributed by atoms with Gasteiger partial charge in [-0.25, -0.2) is 0 Å². The van der Waals surface area contributed by atoms with Crippen molar-refractivity contribution in [2.24, 2.45) is 0 Å². The highest BCUT2D eigenvalue weighted by Gasteiger charge is 2.36. The average Bonchev–Trinajstić information content (AvgIpc) is 2.24. The fraction of sp³-hybridized carbons (Fsp3) is 0.462. The van der Waals surface area contributed by atoms with Gasteiger partial charge in [0.05, 0.1) is 19.1 Å². The molecular formula is C13H14ClF3O3. The number of carbonyl (C=O) groups is 1. The number of hydrogen-bond donors (Lipinski definition) is 1. The van der Waals surface area contributed by atoms with Crippen LogP contribution in [0.5, 0.6) is 5.75 Å². The molecule has 1 aromatic carbocycles. The highest BCUT2D eigenvalue weighted by Crippen LogP contribution is 2.43. The van der Waals surface area contributed by atoms with Gasteiger partial charge in [0.15, 0.2) is 0 Å². The number of hydrogen-bond acceptors (Lipinski definition) is 2. The van der Waals surface area contributed by atoms with Gasteiger partial charge in [0.2, 0.25) is 0 Å². The Kier molecular flexibility index (Phi) is 4.59. The van der Waals surface area contributed by atoms with E-state index in [1.165, 1.54) is 7.11 Å². The summed E-state index contributed by atoms with van der Waals surface area (Å²) in [5.41, 5.74) is -1.65. The van der Waals surface area contributed by atoms with E-state index in [0.29, 0.717) is 0 Å². The quantitative estimate of drug-likeness (QED) is 0.910. The largest absolute Gasteiger partial charge is 0.496 e. The van der Waals surface area contributed by atoms with Gasteiger partial charge >= 0.3 is 12.1 Å². The number of alkyl halides is 3. The van der Waals surface area contributed by atoms with Crippen molar-refractivity contribution >= 4 is 17.6 Å². The van der Waals surface area contributed by atoms with Gasteiger partial charge < -0.3 is 9.84 Å². The molecule has 112 valence electrons. The Morgan fingerprint density at radius 3 is 2.30 bits per heavy atom. The topological polar surface area (TPSA) is 46.5 Å². The van der Waals surface area contributed by atoms with Gasteiger partial charge in [0.25, 0.3) is 0 Å². The molecular weight excluding hydrogens is 297 g/mol. The van der Waals surface area contributed by atoms with Gasteiger partial charge in [-0.2, -0.15) is 13.2 Å². The zero-order chi connectivity index (χ0) is 15.7. The molecule has 0 aliphatic heterocycles. The van der Waals surface area contributed by atoms with Crippen molar-refractivity contribution in [1.82, 2.24) is 0 Å². The number of ether oxygens (including phenoxy) is 1. The molecule has 7 heteroatoms. The number of rotatable bonds is 4. The third kappa shape index (κ3) is 3.56. The SMILES string of the molecule is COc1cc(C(F)(F)F)cc(Cl)c1C(C)(C)CC(=O)O. The van der Waals surface area contributed by atoms with Gasteiger partial charge in [-0.15, -0.1) is 0 Å². The first-order chi connectivity index (χ1) is 8.99. The molecule has 3 nitrogen and oxygen atoms in total. The normalized spacial score (nSPS) is 12.3. The maximum Gasteiger partial charge on any atom is 0.416 e. The summed E-state index contributed by atoms with van der Waals surface area (Å²) in [5.74, 6) is -1.15. The third-order valence-electron chi connectivity index (χ3n) is 2.87. The Bertz CT molecular complexity index is 524. The molecule has 0 radical (unpaired) electrons. The van der Waals surface area contributed by atoms with Crippen LogP contribution in [0.25, 0.3) is 0 Å². The molecule has 1 aromatic rings. The summed E-state index contributed by atoms with van der Waals surface area (Å²) in [6, 6.07) is 1.60. The summed E-state index contributed by atoms with van der Waals surface area (Å²) < 4.78 is 43.1. The van der Waals surface area contributed by atoms with Crippen molar-refractivity contribution in [3.8, 4) is 5.75 Å². The van der Waals surface area contributed by atoms with Crippen LogP contribution in [0.2, 0.25) is 5.02 Å². The zero-order valence-electron chi connectivity index (χ0n) is 11.1. The van der Waals surface area contributed by atoms with Crippen molar-refractivity contribution in [2.45, 2.75) is 31.9 Å². The zero-order valence-corrected chi connectivity index (χ0v) is 11.9. The molecule has 0 saturated heterocycles. The molecule has 20 heavy (non-hydrogen) atoms. The van der Waals surface area contributed by atoms with Gasteiger partial charge in [-0.1, -0.05) is 25.4 Å². The van der Waals surface area contributed by atoms with Gasteiger partial charge in [0, 0.05) is 16.0 Å². The second kappa shape index (κ2) is 5.52. The highest BCUT2D eigenvalue weighted by atomic mass is 35.5. The van der Waals surface area contributed by atoms with E-state index in [1.54, 1.807) is 13.8 Å². The Balaban J connectivity index is 3.45. The van der Waals surface area contributed by atoms with E-state index in [9.17, 15) is 18.0 Å². The summed E-state index contributed by atoms with van der Waals surface area (Å²) in [6.07, 6.45) is -4.83. The van der Waals surface area contributed by atoms with E-state index in [0.717, 1.165) is 12.1 Å². The fourth-order valence-electron chi connectivity index (χ4n) is 2.03. The first-order valence-corrected chi connectivity index (χ1v) is 6.04. The molecule has 0 atom stereocenters. The molecule has 0 aromatic heterocycles. The van der Waals surface area contributed by atoms with Crippen LogP contribution in [0.15, 0.2) is 12.1 Å². The summed E-state index contributed by atoms with van der Waals surface area (Å²) in [7, 11) is 1.21. The second-order valence-corrected chi connectivity index (χ2v) is 5.39. The van der Waals surface area contributed by atoms with E-state index in [2.05, 4.69) is 0 Å². The molecule has 0 aliphatic carbocycles. The van der Waals surface area contributed by atoms with Crippen LogP contribution in [0.1, 0.15) is 31.4 Å². The predicted molar refractivity (Wildman–Crippen MR) is 68.3 cm³/mol. The summed E-state index contributed by atoms with van der Waals surface area (Å²) in [4.78, 5) is 10.9. The van der Waals surface area contributed by atoms with E-state index < -0.39 is 23.1 Å². The minimum Gasteiger partial charge on any atom is -0.496 e. The lowest BCUT2D eigenvalue weighted by atomic mass is 9.80. The van der Waals surface area contributed by atoms with Crippen LogP contribution in [-0.4, -0.2) is 18.2 Å². The van der Waals surface area contributed by atoms with Crippen molar-refractivity contribution < 1.29 is 27.8 Å². The average molecular weight is 311 g/mol. The third-order valence-corrected chi connectivity index (χ3v) is 3.17. The van der Waals surface area contributed by atoms with E-state index >= 15 is 0 Å². The van der Waals surface area contributed by atoms with Crippen LogP contribution in [0.3, 0.4) is 0 Å². The monoisotopic (exact) mass is 310 g/mol. The Morgan fingerprint density at radius 1 is 1.35 bits per heavy atom. The summed E-state index contributed by atoms with van der Waals surface area (Å²) >= 11 is 5.91. The fourth-order valence-corrected chi connectivity index (χ4v) is 2.50. The first kappa shape index (κ1) is 16.6. The number of carboxylic acid groups (broad SMARTS) is 1. The number of benzene rings is 1. The molecule has 1 N–H and O–H groups in total. The van der Waals surface area contributed by atoms with Crippen LogP contribution in [0.4, 0.5) is 13.2 Å². The van der Waals surface area contributed by atoms with E-state index in [1.807, 2.05) is 0 Å². The molecule has 0 amide bonds. The lowest BCUT2D eigenvalue weighted by molar-refractivity contribution is -0.139. The Labute approximate surface area is 119 Å². The number of methoxy groups -OCH3 is 1. The summed E-state index contributed by atoms with van der Waals surface area (Å²) in [5, 5.41) is 8.72. The second-order valence-electron chi connectivity index (χ2n) is 4.99. The molecule has 0 aliphatic rings. The van der Waals surface area contributed by atoms with Crippen LogP contribution >= 0.6 is 11.6 Å². The lowest BCUT2D eigenvalue weighted by Crippen LogP contribution is -2.23. The molecule has 0 fully saturated rings. The van der Waals surface area contributed by atoms with Gasteiger partial charge in [-0.3, -0.25) is 4.79 Å². The van der Waals surface area contributed by atoms with E-state index in [4.69, 9.17) is 21.4 Å². The van der Waals surface area contributed by atoms with Gasteiger partial charge in [0.1, 0.15) is 5.75 Å². The number of carboxylic acids is 1. The van der Waals surface area contributed by atoms with Crippen molar-refractivity contribution in [2.75, 3.05) is 7.11 Å². The highest BCUT2D eigenvalue weighted by molar-refractivity contribution is 6.31. The van der Waals surface area contributed by atoms with Crippen LogP contribution < -0.4 is 4.74 Å².